The Morgan fingerprint density at radius 1 is 1.40 bits per heavy atom. The average molecular weight is 344 g/mol. The minimum Gasteiger partial charge on any atom is -0.389 e. The quantitative estimate of drug-likeness (QED) is 0.863. The van der Waals surface area contributed by atoms with Crippen LogP contribution >= 0.6 is 15.9 Å². The van der Waals surface area contributed by atoms with Crippen molar-refractivity contribution in [1.82, 2.24) is 5.32 Å². The van der Waals surface area contributed by atoms with Crippen molar-refractivity contribution in [1.29, 1.82) is 0 Å². The highest BCUT2D eigenvalue weighted by atomic mass is 79.9. The molecular formula is C15H19BrFNO2. The van der Waals surface area contributed by atoms with Gasteiger partial charge in [-0.15, -0.1) is 0 Å². The normalized spacial score (nSPS) is 17.1. The highest BCUT2D eigenvalue weighted by Gasteiger charge is 2.33. The van der Waals surface area contributed by atoms with Gasteiger partial charge in [0.25, 0.3) is 0 Å². The van der Waals surface area contributed by atoms with E-state index in [9.17, 15) is 14.3 Å². The first kappa shape index (κ1) is 15.4. The molecule has 0 spiro atoms. The molecule has 20 heavy (non-hydrogen) atoms. The van der Waals surface area contributed by atoms with Crippen molar-refractivity contribution in [2.75, 3.05) is 6.54 Å². The lowest BCUT2D eigenvalue weighted by Crippen LogP contribution is -2.35. The Hall–Kier alpha value is -0.940. The molecule has 1 saturated carbocycles. The van der Waals surface area contributed by atoms with Crippen molar-refractivity contribution in [3.63, 3.8) is 0 Å². The summed E-state index contributed by atoms with van der Waals surface area (Å²) in [5.41, 5.74) is 0.154. The molecule has 1 fully saturated rings. The summed E-state index contributed by atoms with van der Waals surface area (Å²) in [6, 6.07) is 4.82. The molecule has 0 aliphatic heterocycles. The number of hydrogen-bond donors (Lipinski definition) is 2. The fraction of sp³-hybridized carbons (Fsp3) is 0.533. The lowest BCUT2D eigenvalue weighted by atomic mass is 9.97. The zero-order chi connectivity index (χ0) is 14.6. The third kappa shape index (κ3) is 4.28. The van der Waals surface area contributed by atoms with Crippen LogP contribution in [0.1, 0.15) is 37.7 Å². The van der Waals surface area contributed by atoms with E-state index >= 15 is 0 Å². The van der Waals surface area contributed by atoms with Crippen LogP contribution in [0.5, 0.6) is 0 Å². The summed E-state index contributed by atoms with van der Waals surface area (Å²) in [4.78, 5) is 11.8. The summed E-state index contributed by atoms with van der Waals surface area (Å²) in [7, 11) is 0. The van der Waals surface area contributed by atoms with Crippen molar-refractivity contribution in [3.8, 4) is 0 Å². The topological polar surface area (TPSA) is 49.3 Å². The Morgan fingerprint density at radius 2 is 2.10 bits per heavy atom. The first-order valence-corrected chi connectivity index (χ1v) is 7.71. The van der Waals surface area contributed by atoms with E-state index in [2.05, 4.69) is 21.2 Å². The SMILES string of the molecule is O=C(CC1(O)CCCC1)NCCc1ccc(F)c(Br)c1. The molecule has 1 aromatic rings. The standard InChI is InChI=1S/C15H19BrFNO2/c16-12-9-11(3-4-13(12)17)5-8-18-14(19)10-15(20)6-1-2-7-15/h3-4,9,20H,1-2,5-8,10H2,(H,18,19). The maximum atomic E-state index is 13.1. The zero-order valence-electron chi connectivity index (χ0n) is 11.3. The van der Waals surface area contributed by atoms with Gasteiger partial charge in [-0.05, 0) is 52.9 Å². The van der Waals surface area contributed by atoms with Gasteiger partial charge >= 0.3 is 0 Å². The summed E-state index contributed by atoms with van der Waals surface area (Å²) in [6.07, 6.45) is 4.24. The van der Waals surface area contributed by atoms with E-state index in [-0.39, 0.29) is 18.1 Å². The minimum absolute atomic E-state index is 0.115. The number of amides is 1. The van der Waals surface area contributed by atoms with E-state index < -0.39 is 5.60 Å². The number of hydrogen-bond acceptors (Lipinski definition) is 2. The van der Waals surface area contributed by atoms with Crippen LogP contribution in [0.25, 0.3) is 0 Å². The Bertz CT molecular complexity index is 487. The van der Waals surface area contributed by atoms with Crippen LogP contribution in [0.3, 0.4) is 0 Å². The van der Waals surface area contributed by atoms with Gasteiger partial charge < -0.3 is 10.4 Å². The fourth-order valence-electron chi connectivity index (χ4n) is 2.61. The van der Waals surface area contributed by atoms with E-state index in [1.807, 2.05) is 0 Å². The van der Waals surface area contributed by atoms with E-state index in [4.69, 9.17) is 0 Å². The number of carbonyl (C=O) groups is 1. The number of benzene rings is 1. The molecule has 2 N–H and O–H groups in total. The predicted octanol–water partition coefficient (Wildman–Crippen LogP) is 2.94. The largest absolute Gasteiger partial charge is 0.389 e. The van der Waals surface area contributed by atoms with Crippen LogP contribution in [0, 0.1) is 5.82 Å². The molecule has 0 bridgehead atoms. The lowest BCUT2D eigenvalue weighted by Gasteiger charge is -2.21. The van der Waals surface area contributed by atoms with Crippen molar-refractivity contribution in [2.24, 2.45) is 0 Å². The highest BCUT2D eigenvalue weighted by molar-refractivity contribution is 9.10. The van der Waals surface area contributed by atoms with Gasteiger partial charge in [-0.25, -0.2) is 4.39 Å². The molecule has 0 saturated heterocycles. The number of halogens is 2. The van der Waals surface area contributed by atoms with Gasteiger partial charge in [0.1, 0.15) is 5.82 Å². The first-order valence-electron chi connectivity index (χ1n) is 6.92. The predicted molar refractivity (Wildman–Crippen MR) is 78.8 cm³/mol. The van der Waals surface area contributed by atoms with Gasteiger partial charge in [-0.3, -0.25) is 4.79 Å². The number of aliphatic hydroxyl groups is 1. The number of rotatable bonds is 5. The second kappa shape index (κ2) is 6.68. The fourth-order valence-corrected chi connectivity index (χ4v) is 3.04. The second-order valence-corrected chi connectivity index (χ2v) is 6.31. The molecule has 1 amide bonds. The molecule has 0 unspecified atom stereocenters. The van der Waals surface area contributed by atoms with Crippen LogP contribution in [-0.4, -0.2) is 23.2 Å². The summed E-state index contributed by atoms with van der Waals surface area (Å²) >= 11 is 3.14. The first-order chi connectivity index (χ1) is 9.48. The van der Waals surface area contributed by atoms with Crippen molar-refractivity contribution < 1.29 is 14.3 Å². The summed E-state index contributed by atoms with van der Waals surface area (Å²) < 4.78 is 13.5. The minimum atomic E-state index is -0.803. The van der Waals surface area contributed by atoms with Crippen LogP contribution < -0.4 is 5.32 Å². The van der Waals surface area contributed by atoms with Crippen LogP contribution in [-0.2, 0) is 11.2 Å². The molecule has 0 heterocycles. The third-order valence-electron chi connectivity index (χ3n) is 3.74. The van der Waals surface area contributed by atoms with E-state index in [0.717, 1.165) is 18.4 Å². The van der Waals surface area contributed by atoms with Crippen molar-refractivity contribution >= 4 is 21.8 Å². The summed E-state index contributed by atoms with van der Waals surface area (Å²) in [5.74, 6) is -0.406. The Labute approximate surface area is 126 Å². The zero-order valence-corrected chi connectivity index (χ0v) is 12.9. The molecule has 0 aromatic heterocycles. The molecule has 1 aliphatic carbocycles. The molecule has 0 atom stereocenters. The number of carbonyl (C=O) groups excluding carboxylic acids is 1. The number of nitrogens with one attached hydrogen (secondary N) is 1. The maximum absolute atomic E-state index is 13.1. The summed E-state index contributed by atoms with van der Waals surface area (Å²) in [5, 5.41) is 12.9. The van der Waals surface area contributed by atoms with Gasteiger partial charge in [-0.2, -0.15) is 0 Å². The molecular weight excluding hydrogens is 325 g/mol. The van der Waals surface area contributed by atoms with Gasteiger partial charge in [-0.1, -0.05) is 18.9 Å². The van der Waals surface area contributed by atoms with E-state index in [0.29, 0.717) is 30.3 Å². The molecule has 1 aromatic carbocycles. The van der Waals surface area contributed by atoms with E-state index in [1.54, 1.807) is 12.1 Å². The van der Waals surface area contributed by atoms with Crippen molar-refractivity contribution in [3.05, 3.63) is 34.1 Å². The lowest BCUT2D eigenvalue weighted by molar-refractivity contribution is -0.125. The Balaban J connectivity index is 1.75. The van der Waals surface area contributed by atoms with E-state index in [1.165, 1.54) is 6.07 Å². The summed E-state index contributed by atoms with van der Waals surface area (Å²) in [6.45, 7) is 0.493. The molecule has 1 aliphatic rings. The van der Waals surface area contributed by atoms with Crippen LogP contribution in [0.15, 0.2) is 22.7 Å². The average Bonchev–Trinajstić information content (AvgIpc) is 2.80. The molecule has 110 valence electrons. The van der Waals surface area contributed by atoms with Gasteiger partial charge in [0.05, 0.1) is 16.5 Å². The van der Waals surface area contributed by atoms with Gasteiger partial charge in [0.15, 0.2) is 0 Å². The highest BCUT2D eigenvalue weighted by Crippen LogP contribution is 2.32. The molecule has 0 radical (unpaired) electrons. The van der Waals surface area contributed by atoms with Gasteiger partial charge in [0.2, 0.25) is 5.91 Å². The molecule has 3 nitrogen and oxygen atoms in total. The maximum Gasteiger partial charge on any atom is 0.222 e. The smallest absolute Gasteiger partial charge is 0.222 e. The van der Waals surface area contributed by atoms with Gasteiger partial charge in [0, 0.05) is 6.54 Å². The van der Waals surface area contributed by atoms with Crippen molar-refractivity contribution in [2.45, 2.75) is 44.1 Å². The Kier molecular flexibility index (Phi) is 5.16. The third-order valence-corrected chi connectivity index (χ3v) is 4.35. The second-order valence-electron chi connectivity index (χ2n) is 5.46. The van der Waals surface area contributed by atoms with Crippen LogP contribution in [0.4, 0.5) is 4.39 Å². The monoisotopic (exact) mass is 343 g/mol. The Morgan fingerprint density at radius 3 is 2.75 bits per heavy atom. The molecule has 2 rings (SSSR count). The molecule has 5 heteroatoms. The van der Waals surface area contributed by atoms with Crippen LogP contribution in [0.2, 0.25) is 0 Å².